The lowest BCUT2D eigenvalue weighted by atomic mass is 9.94. The van der Waals surface area contributed by atoms with E-state index >= 15 is 0 Å². The Kier molecular flexibility index (Phi) is 6.11. The van der Waals surface area contributed by atoms with Gasteiger partial charge in [0.2, 0.25) is 5.91 Å². The minimum Gasteiger partial charge on any atom is -0.493 e. The number of carbonyl (C=O) groups is 1. The molecular weight excluding hydrogens is 434 g/mol. The van der Waals surface area contributed by atoms with Crippen molar-refractivity contribution >= 4 is 38.9 Å². The molecule has 1 N–H and O–H groups in total. The Morgan fingerprint density at radius 1 is 0.943 bits per heavy atom. The van der Waals surface area contributed by atoms with Crippen LogP contribution in [0.25, 0.3) is 38.4 Å². The molecule has 4 aromatic carbocycles. The molecule has 0 radical (unpaired) electrons. The summed E-state index contributed by atoms with van der Waals surface area (Å²) in [7, 11) is 0. The van der Waals surface area contributed by atoms with Gasteiger partial charge >= 0.3 is 0 Å². The van der Waals surface area contributed by atoms with Crippen LogP contribution in [-0.2, 0) is 4.79 Å². The Morgan fingerprint density at radius 3 is 2.49 bits per heavy atom. The fourth-order valence-corrected chi connectivity index (χ4v) is 4.58. The molecule has 0 atom stereocenters. The summed E-state index contributed by atoms with van der Waals surface area (Å²) < 4.78 is 12.1. The van der Waals surface area contributed by atoms with Crippen LogP contribution >= 0.6 is 0 Å². The molecule has 0 aliphatic heterocycles. The van der Waals surface area contributed by atoms with E-state index in [-0.39, 0.29) is 5.91 Å². The van der Waals surface area contributed by atoms with Gasteiger partial charge in [0.25, 0.3) is 0 Å². The van der Waals surface area contributed by atoms with Crippen LogP contribution in [0.2, 0.25) is 0 Å². The molecule has 0 aliphatic carbocycles. The Balaban J connectivity index is 1.64. The van der Waals surface area contributed by atoms with Crippen molar-refractivity contribution in [2.75, 3.05) is 11.9 Å². The molecule has 4 nitrogen and oxygen atoms in total. The lowest BCUT2D eigenvalue weighted by Crippen LogP contribution is -2.08. The van der Waals surface area contributed by atoms with E-state index in [2.05, 4.69) is 47.8 Å². The summed E-state index contributed by atoms with van der Waals surface area (Å²) in [5.74, 6) is 0.551. The van der Waals surface area contributed by atoms with Crippen LogP contribution in [0.5, 0.6) is 5.75 Å². The normalized spacial score (nSPS) is 11.7. The van der Waals surface area contributed by atoms with Crippen molar-refractivity contribution in [2.45, 2.75) is 20.8 Å². The lowest BCUT2D eigenvalue weighted by molar-refractivity contribution is -0.111. The van der Waals surface area contributed by atoms with Crippen molar-refractivity contribution in [1.29, 1.82) is 0 Å². The molecule has 1 amide bonds. The molecular formula is C31H27NO3. The number of hydrogen-bond acceptors (Lipinski definition) is 3. The minimum atomic E-state index is -0.185. The summed E-state index contributed by atoms with van der Waals surface area (Å²) in [6.45, 7) is 6.41. The monoisotopic (exact) mass is 461 g/mol. The van der Waals surface area contributed by atoms with Crippen LogP contribution < -0.4 is 10.1 Å². The van der Waals surface area contributed by atoms with Gasteiger partial charge < -0.3 is 14.5 Å². The maximum absolute atomic E-state index is 12.8. The van der Waals surface area contributed by atoms with Crippen LogP contribution in [0.4, 0.5) is 5.69 Å². The average Bonchev–Trinajstić information content (AvgIpc) is 3.30. The molecule has 4 heteroatoms. The van der Waals surface area contributed by atoms with Gasteiger partial charge in [0, 0.05) is 33.8 Å². The smallest absolute Gasteiger partial charge is 0.248 e. The standard InChI is InChI=1S/C31H27NO3/c1-4-34-30-21(3)31-27(18-26(30)20(2)17-29(33)32-23-13-6-5-7-14-23)28(19-35-31)25-16-10-12-22-11-8-9-15-24(22)25/h5-19H,4H2,1-3H3,(H,32,33)/b20-17+. The first-order valence-corrected chi connectivity index (χ1v) is 11.8. The molecule has 0 saturated heterocycles. The van der Waals surface area contributed by atoms with Gasteiger partial charge in [-0.3, -0.25) is 4.79 Å². The highest BCUT2D eigenvalue weighted by molar-refractivity contribution is 6.08. The third kappa shape index (κ3) is 4.31. The zero-order valence-electron chi connectivity index (χ0n) is 20.1. The van der Waals surface area contributed by atoms with Crippen molar-refractivity contribution in [1.82, 2.24) is 0 Å². The third-order valence-corrected chi connectivity index (χ3v) is 6.23. The van der Waals surface area contributed by atoms with Gasteiger partial charge in [0.05, 0.1) is 12.9 Å². The summed E-state index contributed by atoms with van der Waals surface area (Å²) in [5, 5.41) is 6.26. The van der Waals surface area contributed by atoms with Crippen LogP contribution in [0.3, 0.4) is 0 Å². The fourth-order valence-electron chi connectivity index (χ4n) is 4.58. The van der Waals surface area contributed by atoms with Crippen LogP contribution in [0.15, 0.2) is 95.6 Å². The van der Waals surface area contributed by atoms with E-state index in [0.717, 1.165) is 50.2 Å². The van der Waals surface area contributed by atoms with Gasteiger partial charge in [-0.15, -0.1) is 0 Å². The predicted molar refractivity (Wildman–Crippen MR) is 144 cm³/mol. The molecule has 0 saturated carbocycles. The molecule has 5 rings (SSSR count). The second-order valence-electron chi connectivity index (χ2n) is 8.55. The number of nitrogens with one attached hydrogen (secondary N) is 1. The van der Waals surface area contributed by atoms with Crippen LogP contribution in [0.1, 0.15) is 25.0 Å². The van der Waals surface area contributed by atoms with Gasteiger partial charge in [0.1, 0.15) is 11.3 Å². The summed E-state index contributed by atoms with van der Waals surface area (Å²) >= 11 is 0. The molecule has 174 valence electrons. The SMILES string of the molecule is CCOc1c(/C(C)=C/C(=O)Nc2ccccc2)cc2c(-c3cccc4ccccc34)coc2c1C. The zero-order valence-corrected chi connectivity index (χ0v) is 20.1. The number of amides is 1. The molecule has 5 aromatic rings. The van der Waals surface area contributed by atoms with Crippen molar-refractivity contribution in [3.63, 3.8) is 0 Å². The number of fused-ring (bicyclic) bond motifs is 2. The van der Waals surface area contributed by atoms with E-state index in [4.69, 9.17) is 9.15 Å². The number of aryl methyl sites for hydroxylation is 1. The number of anilines is 1. The number of furan rings is 1. The van der Waals surface area contributed by atoms with Crippen molar-refractivity contribution in [3.05, 3.63) is 102 Å². The molecule has 0 spiro atoms. The molecule has 0 bridgehead atoms. The molecule has 0 fully saturated rings. The minimum absolute atomic E-state index is 0.185. The first kappa shape index (κ1) is 22.5. The van der Waals surface area contributed by atoms with Gasteiger partial charge in [-0.1, -0.05) is 60.7 Å². The van der Waals surface area contributed by atoms with Gasteiger partial charge in [-0.2, -0.15) is 0 Å². The second kappa shape index (κ2) is 9.51. The highest BCUT2D eigenvalue weighted by Crippen LogP contribution is 2.42. The number of allylic oxidation sites excluding steroid dienone is 1. The van der Waals surface area contributed by atoms with E-state index in [9.17, 15) is 4.79 Å². The number of ether oxygens (including phenoxy) is 1. The number of benzene rings is 4. The third-order valence-electron chi connectivity index (χ3n) is 6.23. The fraction of sp³-hybridized carbons (Fsp3) is 0.129. The summed E-state index contributed by atoms with van der Waals surface area (Å²) in [6, 6.07) is 26.2. The van der Waals surface area contributed by atoms with Crippen LogP contribution in [-0.4, -0.2) is 12.5 Å². The first-order valence-electron chi connectivity index (χ1n) is 11.8. The maximum Gasteiger partial charge on any atom is 0.248 e. The molecule has 35 heavy (non-hydrogen) atoms. The average molecular weight is 462 g/mol. The van der Waals surface area contributed by atoms with Gasteiger partial charge in [-0.25, -0.2) is 0 Å². The quantitative estimate of drug-likeness (QED) is 0.261. The zero-order chi connectivity index (χ0) is 24.4. The van der Waals surface area contributed by atoms with Crippen molar-refractivity contribution in [2.24, 2.45) is 0 Å². The largest absolute Gasteiger partial charge is 0.493 e. The lowest BCUT2D eigenvalue weighted by Gasteiger charge is -2.15. The van der Waals surface area contributed by atoms with Crippen molar-refractivity contribution < 1.29 is 13.9 Å². The topological polar surface area (TPSA) is 51.5 Å². The Labute approximate surface area is 204 Å². The predicted octanol–water partition coefficient (Wildman–Crippen LogP) is 8.00. The van der Waals surface area contributed by atoms with Gasteiger partial charge in [-0.05, 0) is 60.9 Å². The van der Waals surface area contributed by atoms with Crippen LogP contribution in [0, 0.1) is 6.92 Å². The van der Waals surface area contributed by atoms with E-state index in [1.165, 1.54) is 10.8 Å². The number of hydrogen-bond donors (Lipinski definition) is 1. The summed E-state index contributed by atoms with van der Waals surface area (Å²) in [5.41, 5.74) is 6.29. The Bertz CT molecular complexity index is 1560. The van der Waals surface area contributed by atoms with Crippen molar-refractivity contribution in [3.8, 4) is 16.9 Å². The van der Waals surface area contributed by atoms with E-state index < -0.39 is 0 Å². The maximum atomic E-state index is 12.8. The number of rotatable bonds is 6. The highest BCUT2D eigenvalue weighted by Gasteiger charge is 2.20. The van der Waals surface area contributed by atoms with Gasteiger partial charge in [0.15, 0.2) is 0 Å². The summed E-state index contributed by atoms with van der Waals surface area (Å²) in [6.07, 6.45) is 3.44. The molecule has 0 unspecified atom stereocenters. The summed E-state index contributed by atoms with van der Waals surface area (Å²) in [4.78, 5) is 12.8. The first-order chi connectivity index (χ1) is 17.1. The van der Waals surface area contributed by atoms with E-state index in [1.54, 1.807) is 6.08 Å². The Hall–Kier alpha value is -4.31. The highest BCUT2D eigenvalue weighted by atomic mass is 16.5. The van der Waals surface area contributed by atoms with E-state index in [1.807, 2.05) is 63.4 Å². The second-order valence-corrected chi connectivity index (χ2v) is 8.55. The number of para-hydroxylation sites is 1. The van der Waals surface area contributed by atoms with E-state index in [0.29, 0.717) is 6.61 Å². The molecule has 0 aliphatic rings. The Morgan fingerprint density at radius 2 is 1.69 bits per heavy atom. The molecule has 1 aromatic heterocycles. The number of carbonyl (C=O) groups excluding carboxylic acids is 1. The molecule has 1 heterocycles.